The lowest BCUT2D eigenvalue weighted by Crippen LogP contribution is -2.20. The number of likely N-dealkylation sites (tertiary alicyclic amines) is 1. The summed E-state index contributed by atoms with van der Waals surface area (Å²) in [4.78, 5) is 2.50. The topological polar surface area (TPSA) is 64.8 Å². The average molecular weight is 321 g/mol. The first-order valence-corrected chi connectivity index (χ1v) is 8.46. The van der Waals surface area contributed by atoms with Crippen molar-refractivity contribution in [1.29, 1.82) is 5.26 Å². The maximum atomic E-state index is 9.40. The fourth-order valence-electron chi connectivity index (χ4n) is 3.11. The van der Waals surface area contributed by atoms with Crippen LogP contribution in [0.15, 0.2) is 24.3 Å². The van der Waals surface area contributed by atoms with Crippen LogP contribution in [0.4, 0.5) is 5.82 Å². The molecule has 124 valence electrons. The van der Waals surface area contributed by atoms with Gasteiger partial charge in [-0.15, -0.1) is 5.10 Å². The molecule has 2 aromatic rings. The Morgan fingerprint density at radius 2 is 1.83 bits per heavy atom. The number of nitrogens with zero attached hydrogens (tertiary/aromatic N) is 4. The van der Waals surface area contributed by atoms with Gasteiger partial charge in [-0.25, -0.2) is 0 Å². The van der Waals surface area contributed by atoms with Crippen LogP contribution in [0.3, 0.4) is 0 Å². The van der Waals surface area contributed by atoms with E-state index in [0.717, 1.165) is 17.8 Å². The molecule has 0 spiro atoms. The maximum Gasteiger partial charge on any atom is 0.167 e. The number of hydrogen-bond acceptors (Lipinski definition) is 5. The molecule has 5 nitrogen and oxygen atoms in total. The Morgan fingerprint density at radius 3 is 2.54 bits per heavy atom. The monoisotopic (exact) mass is 321 g/mol. The zero-order chi connectivity index (χ0) is 16.9. The van der Waals surface area contributed by atoms with Crippen molar-refractivity contribution in [2.24, 2.45) is 0 Å². The molecule has 1 aromatic carbocycles. The van der Waals surface area contributed by atoms with Gasteiger partial charge in [-0.2, -0.15) is 10.4 Å². The van der Waals surface area contributed by atoms with Gasteiger partial charge < -0.3 is 5.32 Å². The molecule has 1 saturated heterocycles. The van der Waals surface area contributed by atoms with Crippen LogP contribution in [-0.2, 0) is 13.1 Å². The SMILES string of the molecule is Cc1nnc(NCc2ccccc2CN2CCCC2)c(C#N)c1C. The van der Waals surface area contributed by atoms with Crippen LogP contribution >= 0.6 is 0 Å². The molecule has 1 N–H and O–H groups in total. The normalized spacial score (nSPS) is 14.5. The maximum absolute atomic E-state index is 9.40. The fraction of sp³-hybridized carbons (Fsp3) is 0.421. The van der Waals surface area contributed by atoms with E-state index < -0.39 is 0 Å². The molecule has 0 amide bonds. The zero-order valence-corrected chi connectivity index (χ0v) is 14.3. The first kappa shape index (κ1) is 16.4. The Hall–Kier alpha value is -2.45. The van der Waals surface area contributed by atoms with Crippen LogP contribution in [0.25, 0.3) is 0 Å². The lowest BCUT2D eigenvalue weighted by atomic mass is 10.1. The van der Waals surface area contributed by atoms with Crippen molar-refractivity contribution in [3.8, 4) is 6.07 Å². The van der Waals surface area contributed by atoms with E-state index in [2.05, 4.69) is 50.7 Å². The summed E-state index contributed by atoms with van der Waals surface area (Å²) in [6.45, 7) is 7.79. The summed E-state index contributed by atoms with van der Waals surface area (Å²) in [6.07, 6.45) is 2.59. The van der Waals surface area contributed by atoms with Crippen LogP contribution in [0.5, 0.6) is 0 Å². The highest BCUT2D eigenvalue weighted by molar-refractivity contribution is 5.56. The fourth-order valence-corrected chi connectivity index (χ4v) is 3.11. The highest BCUT2D eigenvalue weighted by atomic mass is 15.2. The van der Waals surface area contributed by atoms with E-state index >= 15 is 0 Å². The number of anilines is 1. The van der Waals surface area contributed by atoms with Crippen LogP contribution in [0, 0.1) is 25.2 Å². The molecular weight excluding hydrogens is 298 g/mol. The van der Waals surface area contributed by atoms with Crippen molar-refractivity contribution < 1.29 is 0 Å². The Kier molecular flexibility index (Phi) is 5.07. The third-order valence-electron chi connectivity index (χ3n) is 4.72. The second-order valence-corrected chi connectivity index (χ2v) is 6.35. The number of rotatable bonds is 5. The van der Waals surface area contributed by atoms with E-state index in [-0.39, 0.29) is 0 Å². The van der Waals surface area contributed by atoms with Crippen LogP contribution in [0.2, 0.25) is 0 Å². The summed E-state index contributed by atoms with van der Waals surface area (Å²) < 4.78 is 0. The molecule has 0 aliphatic carbocycles. The minimum atomic E-state index is 0.566. The second kappa shape index (κ2) is 7.41. The molecule has 0 atom stereocenters. The molecule has 5 heteroatoms. The van der Waals surface area contributed by atoms with Gasteiger partial charge >= 0.3 is 0 Å². The Balaban J connectivity index is 1.76. The standard InChI is InChI=1S/C19H23N5/c1-14-15(2)22-23-19(18(14)11-20)21-12-16-7-3-4-8-17(16)13-24-9-5-6-10-24/h3-4,7-8H,5-6,9-10,12-13H2,1-2H3,(H,21,23). The molecule has 0 saturated carbocycles. The van der Waals surface area contributed by atoms with Gasteiger partial charge in [-0.05, 0) is 56.5 Å². The highest BCUT2D eigenvalue weighted by Gasteiger charge is 2.14. The summed E-state index contributed by atoms with van der Waals surface area (Å²) in [5.74, 6) is 0.566. The minimum absolute atomic E-state index is 0.566. The summed E-state index contributed by atoms with van der Waals surface area (Å²) in [7, 11) is 0. The number of aryl methyl sites for hydroxylation is 1. The van der Waals surface area contributed by atoms with Crippen molar-refractivity contribution in [2.75, 3.05) is 18.4 Å². The van der Waals surface area contributed by atoms with E-state index in [4.69, 9.17) is 0 Å². The van der Waals surface area contributed by atoms with Crippen LogP contribution in [0.1, 0.15) is 40.8 Å². The number of nitriles is 1. The lowest BCUT2D eigenvalue weighted by Gasteiger charge is -2.18. The van der Waals surface area contributed by atoms with Crippen LogP contribution in [-0.4, -0.2) is 28.2 Å². The predicted octanol–water partition coefficient (Wildman–Crippen LogP) is 3.17. The first-order valence-electron chi connectivity index (χ1n) is 8.46. The van der Waals surface area contributed by atoms with E-state index in [1.54, 1.807) is 0 Å². The molecule has 1 aromatic heterocycles. The molecule has 1 fully saturated rings. The molecule has 2 heterocycles. The number of hydrogen-bond donors (Lipinski definition) is 1. The van der Waals surface area contributed by atoms with Crippen molar-refractivity contribution in [3.05, 3.63) is 52.2 Å². The molecule has 1 aliphatic rings. The van der Waals surface area contributed by atoms with Gasteiger partial charge in [0.15, 0.2) is 5.82 Å². The zero-order valence-electron chi connectivity index (χ0n) is 14.3. The average Bonchev–Trinajstić information content (AvgIpc) is 3.10. The van der Waals surface area contributed by atoms with E-state index in [1.807, 2.05) is 13.8 Å². The summed E-state index contributed by atoms with van der Waals surface area (Å²) >= 11 is 0. The Morgan fingerprint density at radius 1 is 1.12 bits per heavy atom. The van der Waals surface area contributed by atoms with Crippen molar-refractivity contribution >= 4 is 5.82 Å². The van der Waals surface area contributed by atoms with Gasteiger partial charge in [0.1, 0.15) is 11.6 Å². The molecule has 24 heavy (non-hydrogen) atoms. The van der Waals surface area contributed by atoms with Crippen molar-refractivity contribution in [2.45, 2.75) is 39.8 Å². The highest BCUT2D eigenvalue weighted by Crippen LogP contribution is 2.20. The Bertz CT molecular complexity index is 757. The number of benzene rings is 1. The minimum Gasteiger partial charge on any atom is -0.363 e. The smallest absolute Gasteiger partial charge is 0.167 e. The lowest BCUT2D eigenvalue weighted by molar-refractivity contribution is 0.330. The third-order valence-corrected chi connectivity index (χ3v) is 4.72. The predicted molar refractivity (Wildman–Crippen MR) is 94.5 cm³/mol. The molecule has 0 radical (unpaired) electrons. The van der Waals surface area contributed by atoms with Crippen LogP contribution < -0.4 is 5.32 Å². The Labute approximate surface area is 143 Å². The van der Waals surface area contributed by atoms with Crippen molar-refractivity contribution in [1.82, 2.24) is 15.1 Å². The van der Waals surface area contributed by atoms with Gasteiger partial charge in [0.25, 0.3) is 0 Å². The number of nitrogens with one attached hydrogen (secondary N) is 1. The van der Waals surface area contributed by atoms with E-state index in [1.165, 1.54) is 37.1 Å². The van der Waals surface area contributed by atoms with Gasteiger partial charge in [-0.3, -0.25) is 4.90 Å². The summed E-state index contributed by atoms with van der Waals surface area (Å²) in [5, 5.41) is 21.0. The second-order valence-electron chi connectivity index (χ2n) is 6.35. The first-order chi connectivity index (χ1) is 11.7. The molecule has 0 bridgehead atoms. The van der Waals surface area contributed by atoms with Crippen molar-refractivity contribution in [3.63, 3.8) is 0 Å². The van der Waals surface area contributed by atoms with E-state index in [9.17, 15) is 5.26 Å². The summed E-state index contributed by atoms with van der Waals surface area (Å²) in [6, 6.07) is 10.7. The molecular formula is C19H23N5. The van der Waals surface area contributed by atoms with Gasteiger partial charge in [0.05, 0.1) is 5.69 Å². The molecule has 3 rings (SSSR count). The quantitative estimate of drug-likeness (QED) is 0.916. The third kappa shape index (κ3) is 3.55. The largest absolute Gasteiger partial charge is 0.363 e. The number of aromatic nitrogens is 2. The van der Waals surface area contributed by atoms with Gasteiger partial charge in [0.2, 0.25) is 0 Å². The van der Waals surface area contributed by atoms with E-state index in [0.29, 0.717) is 17.9 Å². The molecule has 1 aliphatic heterocycles. The molecule has 0 unspecified atom stereocenters. The van der Waals surface area contributed by atoms with Gasteiger partial charge in [0, 0.05) is 13.1 Å². The van der Waals surface area contributed by atoms with Gasteiger partial charge in [-0.1, -0.05) is 24.3 Å². The summed E-state index contributed by atoms with van der Waals surface area (Å²) in [5.41, 5.74) is 4.85.